The Morgan fingerprint density at radius 3 is 2.55 bits per heavy atom. The number of halogens is 1. The van der Waals surface area contributed by atoms with E-state index >= 15 is 0 Å². The van der Waals surface area contributed by atoms with Gasteiger partial charge >= 0.3 is 0 Å². The van der Waals surface area contributed by atoms with Crippen molar-refractivity contribution in [2.45, 2.75) is 52.2 Å². The summed E-state index contributed by atoms with van der Waals surface area (Å²) in [5.41, 5.74) is 2.23. The molecule has 0 radical (unpaired) electrons. The zero-order chi connectivity index (χ0) is 14.8. The number of sulfone groups is 1. The van der Waals surface area contributed by atoms with Gasteiger partial charge in [0, 0.05) is 19.1 Å². The Bertz CT molecular complexity index is 554. The van der Waals surface area contributed by atoms with E-state index < -0.39 is 9.84 Å². The van der Waals surface area contributed by atoms with E-state index in [0.717, 1.165) is 35.4 Å². The van der Waals surface area contributed by atoms with E-state index in [0.29, 0.717) is 24.3 Å². The summed E-state index contributed by atoms with van der Waals surface area (Å²) in [5.74, 6) is 0.609. The SMILES string of the molecule is CCc1nn(CC)c(CNC2CCS(=O)(=O)CC2)c1Br. The normalized spacial score (nSPS) is 19.4. The van der Waals surface area contributed by atoms with Crippen LogP contribution in [0.25, 0.3) is 0 Å². The van der Waals surface area contributed by atoms with Crippen LogP contribution in [-0.2, 0) is 29.3 Å². The number of nitrogens with one attached hydrogen (secondary N) is 1. The lowest BCUT2D eigenvalue weighted by molar-refractivity contribution is 0.450. The first kappa shape index (κ1) is 16.0. The summed E-state index contributed by atoms with van der Waals surface area (Å²) in [7, 11) is -2.79. The molecule has 0 aliphatic carbocycles. The first-order chi connectivity index (χ1) is 9.46. The quantitative estimate of drug-likeness (QED) is 0.867. The Morgan fingerprint density at radius 1 is 1.35 bits per heavy atom. The summed E-state index contributed by atoms with van der Waals surface area (Å²) in [6.07, 6.45) is 2.32. The fraction of sp³-hybridized carbons (Fsp3) is 0.769. The van der Waals surface area contributed by atoms with Gasteiger partial charge in [-0.2, -0.15) is 5.10 Å². The zero-order valence-corrected chi connectivity index (χ0v) is 14.4. The van der Waals surface area contributed by atoms with E-state index in [2.05, 4.69) is 40.2 Å². The van der Waals surface area contributed by atoms with E-state index in [1.54, 1.807) is 0 Å². The minimum atomic E-state index is -2.79. The van der Waals surface area contributed by atoms with Crippen molar-refractivity contribution in [2.24, 2.45) is 0 Å². The molecule has 0 atom stereocenters. The molecule has 0 amide bonds. The lowest BCUT2D eigenvalue weighted by Crippen LogP contribution is -2.37. The summed E-state index contributed by atoms with van der Waals surface area (Å²) in [6, 6.07) is 0.288. The first-order valence-corrected chi connectivity index (χ1v) is 9.76. The highest BCUT2D eigenvalue weighted by Gasteiger charge is 2.24. The Morgan fingerprint density at radius 2 is 2.00 bits per heavy atom. The molecule has 7 heteroatoms. The largest absolute Gasteiger partial charge is 0.308 e. The van der Waals surface area contributed by atoms with Gasteiger partial charge in [0.1, 0.15) is 9.84 Å². The zero-order valence-electron chi connectivity index (χ0n) is 12.0. The molecule has 2 rings (SSSR count). The highest BCUT2D eigenvalue weighted by Crippen LogP contribution is 2.23. The molecule has 0 saturated carbocycles. The maximum Gasteiger partial charge on any atom is 0.150 e. The number of nitrogens with zero attached hydrogens (tertiary/aromatic N) is 2. The monoisotopic (exact) mass is 363 g/mol. The van der Waals surface area contributed by atoms with Gasteiger partial charge in [0.2, 0.25) is 0 Å². The molecule has 1 fully saturated rings. The van der Waals surface area contributed by atoms with Crippen LogP contribution in [0.4, 0.5) is 0 Å². The predicted molar refractivity (Wildman–Crippen MR) is 83.5 cm³/mol. The summed E-state index contributed by atoms with van der Waals surface area (Å²) in [4.78, 5) is 0. The van der Waals surface area contributed by atoms with Crippen LogP contribution < -0.4 is 5.32 Å². The minimum Gasteiger partial charge on any atom is -0.308 e. The van der Waals surface area contributed by atoms with E-state index in [1.165, 1.54) is 0 Å². The van der Waals surface area contributed by atoms with Gasteiger partial charge in [0.05, 0.1) is 27.4 Å². The van der Waals surface area contributed by atoms with Gasteiger partial charge in [-0.25, -0.2) is 8.42 Å². The van der Waals surface area contributed by atoms with Crippen LogP contribution in [0.5, 0.6) is 0 Å². The molecular formula is C13H22BrN3O2S. The second kappa shape index (κ2) is 6.58. The second-order valence-electron chi connectivity index (χ2n) is 5.18. The van der Waals surface area contributed by atoms with Crippen molar-refractivity contribution in [3.05, 3.63) is 15.9 Å². The average Bonchev–Trinajstić information content (AvgIpc) is 2.73. The topological polar surface area (TPSA) is 64.0 Å². The van der Waals surface area contributed by atoms with Crippen molar-refractivity contribution in [2.75, 3.05) is 11.5 Å². The Hall–Kier alpha value is -0.400. The smallest absolute Gasteiger partial charge is 0.150 e. The number of aromatic nitrogens is 2. The van der Waals surface area contributed by atoms with Crippen LogP contribution in [0, 0.1) is 0 Å². The van der Waals surface area contributed by atoms with Gasteiger partial charge in [0.25, 0.3) is 0 Å². The second-order valence-corrected chi connectivity index (χ2v) is 8.28. The molecule has 5 nitrogen and oxygen atoms in total. The maximum atomic E-state index is 11.4. The van der Waals surface area contributed by atoms with Gasteiger partial charge in [-0.1, -0.05) is 6.92 Å². The van der Waals surface area contributed by atoms with Crippen molar-refractivity contribution < 1.29 is 8.42 Å². The van der Waals surface area contributed by atoms with Gasteiger partial charge < -0.3 is 5.32 Å². The summed E-state index contributed by atoms with van der Waals surface area (Å²) < 4.78 is 25.9. The van der Waals surface area contributed by atoms with E-state index in [1.807, 2.05) is 4.68 Å². The molecular weight excluding hydrogens is 342 g/mol. The first-order valence-electron chi connectivity index (χ1n) is 7.14. The van der Waals surface area contributed by atoms with Gasteiger partial charge in [-0.3, -0.25) is 4.68 Å². The molecule has 0 aromatic carbocycles. The molecule has 0 spiro atoms. The van der Waals surface area contributed by atoms with Crippen molar-refractivity contribution >= 4 is 25.8 Å². The van der Waals surface area contributed by atoms with E-state index in [4.69, 9.17) is 0 Å². The molecule has 0 unspecified atom stereocenters. The summed E-state index contributed by atoms with van der Waals surface area (Å²) >= 11 is 3.63. The van der Waals surface area contributed by atoms with Crippen LogP contribution in [0.2, 0.25) is 0 Å². The van der Waals surface area contributed by atoms with Crippen molar-refractivity contribution in [3.63, 3.8) is 0 Å². The third-order valence-electron chi connectivity index (χ3n) is 3.81. The molecule has 1 saturated heterocycles. The fourth-order valence-electron chi connectivity index (χ4n) is 2.52. The third kappa shape index (κ3) is 3.62. The fourth-order valence-corrected chi connectivity index (χ4v) is 4.72. The predicted octanol–water partition coefficient (Wildman–Crippen LogP) is 1.89. The average molecular weight is 364 g/mol. The molecule has 1 aromatic heterocycles. The molecule has 114 valence electrons. The number of rotatable bonds is 5. The van der Waals surface area contributed by atoms with Crippen LogP contribution in [0.1, 0.15) is 38.1 Å². The van der Waals surface area contributed by atoms with Gasteiger partial charge in [-0.05, 0) is 42.1 Å². The van der Waals surface area contributed by atoms with E-state index in [9.17, 15) is 8.42 Å². The van der Waals surface area contributed by atoms with Crippen LogP contribution in [0.15, 0.2) is 4.47 Å². The maximum absolute atomic E-state index is 11.4. The van der Waals surface area contributed by atoms with Crippen molar-refractivity contribution in [3.8, 4) is 0 Å². The molecule has 2 heterocycles. The highest BCUT2D eigenvalue weighted by atomic mass is 79.9. The lowest BCUT2D eigenvalue weighted by atomic mass is 10.1. The Labute approximate surface area is 129 Å². The molecule has 20 heavy (non-hydrogen) atoms. The summed E-state index contributed by atoms with van der Waals surface area (Å²) in [5, 5.41) is 8.04. The van der Waals surface area contributed by atoms with Gasteiger partial charge in [0.15, 0.2) is 0 Å². The third-order valence-corrected chi connectivity index (χ3v) is 6.44. The van der Waals surface area contributed by atoms with Crippen LogP contribution >= 0.6 is 15.9 Å². The van der Waals surface area contributed by atoms with Crippen molar-refractivity contribution in [1.82, 2.24) is 15.1 Å². The molecule has 1 N–H and O–H groups in total. The van der Waals surface area contributed by atoms with Crippen LogP contribution in [0.3, 0.4) is 0 Å². The highest BCUT2D eigenvalue weighted by molar-refractivity contribution is 9.10. The number of hydrogen-bond donors (Lipinski definition) is 1. The Balaban J connectivity index is 1.99. The molecule has 0 bridgehead atoms. The Kier molecular flexibility index (Phi) is 5.25. The number of aryl methyl sites for hydroxylation is 2. The van der Waals surface area contributed by atoms with E-state index in [-0.39, 0.29) is 6.04 Å². The van der Waals surface area contributed by atoms with Crippen molar-refractivity contribution in [1.29, 1.82) is 0 Å². The molecule has 1 aliphatic rings. The number of hydrogen-bond acceptors (Lipinski definition) is 4. The lowest BCUT2D eigenvalue weighted by Gasteiger charge is -2.23. The van der Waals surface area contributed by atoms with Crippen LogP contribution in [-0.4, -0.2) is 35.7 Å². The minimum absolute atomic E-state index is 0.288. The molecule has 1 aromatic rings. The standard InChI is InChI=1S/C13H22BrN3O2S/c1-3-11-13(14)12(17(4-2)16-11)9-15-10-5-7-20(18,19)8-6-10/h10,15H,3-9H2,1-2H3. The summed E-state index contributed by atoms with van der Waals surface area (Å²) in [6.45, 7) is 5.74. The molecule has 1 aliphatic heterocycles. The van der Waals surface area contributed by atoms with Gasteiger partial charge in [-0.15, -0.1) is 0 Å².